The first-order valence-electron chi connectivity index (χ1n) is 9.28. The molecule has 1 saturated heterocycles. The van der Waals surface area contributed by atoms with Gasteiger partial charge in [-0.3, -0.25) is 9.59 Å². The fourth-order valence-corrected chi connectivity index (χ4v) is 5.57. The van der Waals surface area contributed by atoms with Gasteiger partial charge in [0, 0.05) is 10.6 Å². The van der Waals surface area contributed by atoms with E-state index in [1.165, 1.54) is 31.4 Å². The van der Waals surface area contributed by atoms with Crippen molar-refractivity contribution in [1.29, 1.82) is 0 Å². The van der Waals surface area contributed by atoms with Gasteiger partial charge in [-0.05, 0) is 69.3 Å². The molecule has 160 valence electrons. The summed E-state index contributed by atoms with van der Waals surface area (Å²) in [5.41, 5.74) is -0.595. The Morgan fingerprint density at radius 3 is 2.10 bits per heavy atom. The minimum Gasteiger partial charge on any atom is -0.497 e. The predicted molar refractivity (Wildman–Crippen MR) is 114 cm³/mol. The molecule has 1 fully saturated rings. The number of hydrogen-bond acceptors (Lipinski definition) is 5. The van der Waals surface area contributed by atoms with Crippen molar-refractivity contribution in [3.63, 3.8) is 0 Å². The Bertz CT molecular complexity index is 1060. The molecule has 0 saturated carbocycles. The zero-order valence-corrected chi connectivity index (χ0v) is 18.7. The molecule has 0 radical (unpaired) electrons. The summed E-state index contributed by atoms with van der Waals surface area (Å²) in [4.78, 5) is 26.9. The lowest BCUT2D eigenvalue weighted by Crippen LogP contribution is -2.54. The molecule has 1 atom stereocenters. The summed E-state index contributed by atoms with van der Waals surface area (Å²) in [7, 11) is -2.59. The van der Waals surface area contributed by atoms with Crippen molar-refractivity contribution in [1.82, 2.24) is 4.31 Å². The van der Waals surface area contributed by atoms with Gasteiger partial charge in [0.05, 0.1) is 24.1 Å². The number of amides is 2. The third-order valence-electron chi connectivity index (χ3n) is 4.77. The molecule has 0 bridgehead atoms. The van der Waals surface area contributed by atoms with Crippen LogP contribution in [0.1, 0.15) is 27.2 Å². The van der Waals surface area contributed by atoms with Crippen LogP contribution in [0.4, 0.5) is 5.69 Å². The lowest BCUT2D eigenvalue weighted by Gasteiger charge is -2.37. The largest absolute Gasteiger partial charge is 0.497 e. The van der Waals surface area contributed by atoms with Crippen LogP contribution in [0.25, 0.3) is 0 Å². The van der Waals surface area contributed by atoms with Gasteiger partial charge >= 0.3 is 0 Å². The van der Waals surface area contributed by atoms with Gasteiger partial charge < -0.3 is 4.74 Å². The van der Waals surface area contributed by atoms with Crippen molar-refractivity contribution in [2.75, 3.05) is 12.0 Å². The Morgan fingerprint density at radius 1 is 1.03 bits per heavy atom. The molecule has 2 aromatic carbocycles. The van der Waals surface area contributed by atoms with Gasteiger partial charge in [0.15, 0.2) is 0 Å². The first-order valence-corrected chi connectivity index (χ1v) is 11.1. The normalized spacial score (nSPS) is 17.7. The van der Waals surface area contributed by atoms with E-state index in [-0.39, 0.29) is 11.3 Å². The summed E-state index contributed by atoms with van der Waals surface area (Å²) >= 11 is 5.89. The van der Waals surface area contributed by atoms with Crippen LogP contribution in [-0.2, 0) is 19.6 Å². The summed E-state index contributed by atoms with van der Waals surface area (Å²) < 4.78 is 33.2. The van der Waals surface area contributed by atoms with Gasteiger partial charge in [-0.1, -0.05) is 11.6 Å². The zero-order chi connectivity index (χ0) is 22.3. The second-order valence-corrected chi connectivity index (χ2v) is 10.2. The van der Waals surface area contributed by atoms with Gasteiger partial charge in [-0.25, -0.2) is 13.3 Å². The molecule has 3 rings (SSSR count). The molecule has 30 heavy (non-hydrogen) atoms. The Hall–Kier alpha value is -2.42. The van der Waals surface area contributed by atoms with Gasteiger partial charge in [-0.2, -0.15) is 4.31 Å². The maximum Gasteiger partial charge on any atom is 0.252 e. The molecule has 1 aliphatic heterocycles. The van der Waals surface area contributed by atoms with Crippen molar-refractivity contribution < 1.29 is 22.7 Å². The maximum atomic E-state index is 13.5. The van der Waals surface area contributed by atoms with Crippen LogP contribution in [0.15, 0.2) is 53.4 Å². The molecule has 9 heteroatoms. The van der Waals surface area contributed by atoms with Crippen molar-refractivity contribution in [2.24, 2.45) is 0 Å². The number of imide groups is 1. The second-order valence-electron chi connectivity index (χ2n) is 7.91. The van der Waals surface area contributed by atoms with Crippen LogP contribution < -0.4 is 9.64 Å². The van der Waals surface area contributed by atoms with E-state index in [2.05, 4.69) is 0 Å². The molecule has 1 aliphatic rings. The zero-order valence-electron chi connectivity index (χ0n) is 17.1. The number of hydrogen-bond donors (Lipinski definition) is 0. The first kappa shape index (κ1) is 22.3. The monoisotopic (exact) mass is 450 g/mol. The van der Waals surface area contributed by atoms with Crippen LogP contribution in [0.5, 0.6) is 5.75 Å². The van der Waals surface area contributed by atoms with E-state index < -0.39 is 33.4 Å². The number of benzene rings is 2. The van der Waals surface area contributed by atoms with Crippen molar-refractivity contribution in [3.05, 3.63) is 53.6 Å². The maximum absolute atomic E-state index is 13.5. The molecule has 0 aromatic heterocycles. The number of anilines is 1. The number of sulfonamides is 1. The number of rotatable bonds is 5. The number of halogens is 1. The third kappa shape index (κ3) is 4.08. The van der Waals surface area contributed by atoms with Crippen LogP contribution in [0.2, 0.25) is 5.02 Å². The van der Waals surface area contributed by atoms with Crippen LogP contribution in [-0.4, -0.2) is 43.2 Å². The van der Waals surface area contributed by atoms with Crippen LogP contribution in [0.3, 0.4) is 0 Å². The van der Waals surface area contributed by atoms with Crippen LogP contribution >= 0.6 is 11.6 Å². The van der Waals surface area contributed by atoms with Gasteiger partial charge in [0.1, 0.15) is 11.8 Å². The van der Waals surface area contributed by atoms with E-state index >= 15 is 0 Å². The molecule has 0 N–H and O–H groups in total. The molecule has 0 spiro atoms. The average Bonchev–Trinajstić information content (AvgIpc) is 2.95. The SMILES string of the molecule is COc1ccc(S(=O)(=O)N(C2CC(=O)N(c3ccc(Cl)cc3)C2=O)C(C)(C)C)cc1. The molecular formula is C21H23ClN2O5S. The summed E-state index contributed by atoms with van der Waals surface area (Å²) in [6.07, 6.45) is -0.242. The van der Waals surface area contributed by atoms with E-state index in [9.17, 15) is 18.0 Å². The Morgan fingerprint density at radius 2 is 1.60 bits per heavy atom. The molecule has 2 amide bonds. The minimum absolute atomic E-state index is 0.0171. The summed E-state index contributed by atoms with van der Waals surface area (Å²) in [5.74, 6) is -0.543. The Labute approximate surface area is 181 Å². The highest BCUT2D eigenvalue weighted by Crippen LogP contribution is 2.34. The number of carbonyl (C=O) groups excluding carboxylic acids is 2. The van der Waals surface area contributed by atoms with E-state index in [1.807, 2.05) is 0 Å². The van der Waals surface area contributed by atoms with Gasteiger partial charge in [0.2, 0.25) is 15.9 Å². The minimum atomic E-state index is -4.08. The van der Waals surface area contributed by atoms with E-state index in [0.717, 1.165) is 9.21 Å². The number of ether oxygens (including phenoxy) is 1. The van der Waals surface area contributed by atoms with Gasteiger partial charge in [0.25, 0.3) is 5.91 Å². The molecule has 2 aromatic rings. The quantitative estimate of drug-likeness (QED) is 0.651. The summed E-state index contributed by atoms with van der Waals surface area (Å²) in [6.45, 7) is 5.07. The second kappa shape index (κ2) is 8.02. The number of nitrogens with zero attached hydrogens (tertiary/aromatic N) is 2. The summed E-state index contributed by atoms with van der Waals surface area (Å²) in [6, 6.07) is 11.0. The molecule has 7 nitrogen and oxygen atoms in total. The fraction of sp³-hybridized carbons (Fsp3) is 0.333. The highest BCUT2D eigenvalue weighted by atomic mass is 35.5. The van der Waals surface area contributed by atoms with Crippen LogP contribution in [0, 0.1) is 0 Å². The lowest BCUT2D eigenvalue weighted by atomic mass is 10.1. The fourth-order valence-electron chi connectivity index (χ4n) is 3.52. The lowest BCUT2D eigenvalue weighted by molar-refractivity contribution is -0.122. The van der Waals surface area contributed by atoms with E-state index in [1.54, 1.807) is 45.0 Å². The van der Waals surface area contributed by atoms with Crippen molar-refractivity contribution in [3.8, 4) is 5.75 Å². The van der Waals surface area contributed by atoms with Gasteiger partial charge in [-0.15, -0.1) is 0 Å². The number of carbonyl (C=O) groups is 2. The molecule has 1 unspecified atom stereocenters. The first-order chi connectivity index (χ1) is 14.0. The Balaban J connectivity index is 2.03. The standard InChI is InChI=1S/C21H23ClN2O5S/c1-21(2,3)24(30(27,28)17-11-9-16(29-4)10-12-17)18-13-19(25)23(20(18)26)15-7-5-14(22)6-8-15/h5-12,18H,13H2,1-4H3. The highest BCUT2D eigenvalue weighted by molar-refractivity contribution is 7.89. The third-order valence-corrected chi connectivity index (χ3v) is 7.21. The molecular weight excluding hydrogens is 428 g/mol. The van der Waals surface area contributed by atoms with Crippen molar-refractivity contribution in [2.45, 2.75) is 43.7 Å². The van der Waals surface area contributed by atoms with Crippen molar-refractivity contribution >= 4 is 39.1 Å². The predicted octanol–water partition coefficient (Wildman–Crippen LogP) is 3.47. The van der Waals surface area contributed by atoms with E-state index in [4.69, 9.17) is 16.3 Å². The topological polar surface area (TPSA) is 84.0 Å². The summed E-state index contributed by atoms with van der Waals surface area (Å²) in [5, 5.41) is 0.466. The number of methoxy groups -OCH3 is 1. The highest BCUT2D eigenvalue weighted by Gasteiger charge is 2.50. The molecule has 1 heterocycles. The Kier molecular flexibility index (Phi) is 5.95. The average molecular weight is 451 g/mol. The molecule has 0 aliphatic carbocycles. The van der Waals surface area contributed by atoms with E-state index in [0.29, 0.717) is 16.5 Å². The smallest absolute Gasteiger partial charge is 0.252 e.